The first kappa shape index (κ1) is 11.3. The van der Waals surface area contributed by atoms with Crippen molar-refractivity contribution in [1.82, 2.24) is 5.32 Å². The van der Waals surface area contributed by atoms with E-state index in [-0.39, 0.29) is 0 Å². The molecule has 0 radical (unpaired) electrons. The van der Waals surface area contributed by atoms with Crippen LogP contribution >= 0.6 is 11.8 Å². The first-order valence-corrected chi connectivity index (χ1v) is 5.74. The lowest BCUT2D eigenvalue weighted by atomic mass is 10.2. The standard InChI is InChI=1S/C12H17NS/c1-4-11(13-3)9-14-12-8-6-5-7-10(12)2/h4-8,11,13H,1,9H2,2-3H3. The van der Waals surface area contributed by atoms with Crippen LogP contribution in [0.1, 0.15) is 5.56 Å². The zero-order valence-electron chi connectivity index (χ0n) is 8.79. The molecule has 0 heterocycles. The van der Waals surface area contributed by atoms with E-state index in [9.17, 15) is 0 Å². The average molecular weight is 207 g/mol. The van der Waals surface area contributed by atoms with E-state index in [1.54, 1.807) is 0 Å². The number of aryl methyl sites for hydroxylation is 1. The van der Waals surface area contributed by atoms with Gasteiger partial charge in [-0.2, -0.15) is 0 Å². The van der Waals surface area contributed by atoms with Gasteiger partial charge in [-0.25, -0.2) is 0 Å². The van der Waals surface area contributed by atoms with E-state index in [2.05, 4.69) is 43.1 Å². The fraction of sp³-hybridized carbons (Fsp3) is 0.333. The summed E-state index contributed by atoms with van der Waals surface area (Å²) in [5.74, 6) is 1.03. The van der Waals surface area contributed by atoms with Crippen molar-refractivity contribution >= 4 is 11.8 Å². The Labute approximate surface area is 90.6 Å². The number of rotatable bonds is 5. The zero-order chi connectivity index (χ0) is 10.4. The molecule has 1 aromatic carbocycles. The molecule has 1 aromatic rings. The van der Waals surface area contributed by atoms with Crippen molar-refractivity contribution in [2.24, 2.45) is 0 Å². The van der Waals surface area contributed by atoms with Gasteiger partial charge in [0.2, 0.25) is 0 Å². The Kier molecular flexibility index (Phi) is 4.77. The van der Waals surface area contributed by atoms with Gasteiger partial charge in [-0.1, -0.05) is 24.3 Å². The lowest BCUT2D eigenvalue weighted by Gasteiger charge is -2.11. The Balaban J connectivity index is 2.53. The van der Waals surface area contributed by atoms with Crippen LogP contribution in [0.2, 0.25) is 0 Å². The summed E-state index contributed by atoms with van der Waals surface area (Å²) in [6.07, 6.45) is 1.95. The number of hydrogen-bond donors (Lipinski definition) is 1. The second-order valence-corrected chi connectivity index (χ2v) is 4.27. The minimum absolute atomic E-state index is 0.389. The van der Waals surface area contributed by atoms with Crippen LogP contribution in [0.4, 0.5) is 0 Å². The maximum atomic E-state index is 3.79. The van der Waals surface area contributed by atoms with E-state index in [0.29, 0.717) is 6.04 Å². The molecule has 1 rings (SSSR count). The van der Waals surface area contributed by atoms with Crippen molar-refractivity contribution in [1.29, 1.82) is 0 Å². The summed E-state index contributed by atoms with van der Waals surface area (Å²) in [7, 11) is 1.96. The van der Waals surface area contributed by atoms with E-state index in [0.717, 1.165) is 5.75 Å². The summed E-state index contributed by atoms with van der Waals surface area (Å²) in [4.78, 5) is 1.36. The van der Waals surface area contributed by atoms with Crippen LogP contribution < -0.4 is 5.32 Å². The summed E-state index contributed by atoms with van der Waals surface area (Å²) >= 11 is 1.87. The van der Waals surface area contributed by atoms with Crippen molar-refractivity contribution < 1.29 is 0 Å². The molecular formula is C12H17NS. The SMILES string of the molecule is C=CC(CSc1ccccc1C)NC. The van der Waals surface area contributed by atoms with Gasteiger partial charge < -0.3 is 5.32 Å². The maximum absolute atomic E-state index is 3.79. The Morgan fingerprint density at radius 2 is 2.21 bits per heavy atom. The van der Waals surface area contributed by atoms with Gasteiger partial charge in [0.15, 0.2) is 0 Å². The molecule has 0 aliphatic rings. The molecule has 1 nitrogen and oxygen atoms in total. The third kappa shape index (κ3) is 3.20. The van der Waals surface area contributed by atoms with Crippen molar-refractivity contribution in [2.75, 3.05) is 12.8 Å². The van der Waals surface area contributed by atoms with E-state index in [1.165, 1.54) is 10.5 Å². The molecule has 1 N–H and O–H groups in total. The molecule has 0 amide bonds. The molecule has 0 saturated carbocycles. The lowest BCUT2D eigenvalue weighted by Crippen LogP contribution is -2.24. The number of likely N-dealkylation sites (N-methyl/N-ethyl adjacent to an activating group) is 1. The highest BCUT2D eigenvalue weighted by molar-refractivity contribution is 7.99. The maximum Gasteiger partial charge on any atom is 0.0339 e. The van der Waals surface area contributed by atoms with Crippen LogP contribution in [0, 0.1) is 6.92 Å². The molecule has 0 saturated heterocycles. The van der Waals surface area contributed by atoms with E-state index in [4.69, 9.17) is 0 Å². The Morgan fingerprint density at radius 1 is 1.50 bits per heavy atom. The molecule has 76 valence electrons. The smallest absolute Gasteiger partial charge is 0.0339 e. The predicted octanol–water partition coefficient (Wildman–Crippen LogP) is 2.86. The number of hydrogen-bond acceptors (Lipinski definition) is 2. The van der Waals surface area contributed by atoms with Crippen LogP contribution in [-0.4, -0.2) is 18.8 Å². The van der Waals surface area contributed by atoms with Crippen LogP contribution in [0.3, 0.4) is 0 Å². The Bertz CT molecular complexity index is 296. The van der Waals surface area contributed by atoms with Gasteiger partial charge in [-0.05, 0) is 25.6 Å². The average Bonchev–Trinajstić information content (AvgIpc) is 2.22. The normalized spacial score (nSPS) is 12.4. The molecule has 14 heavy (non-hydrogen) atoms. The molecule has 0 spiro atoms. The van der Waals surface area contributed by atoms with Crippen LogP contribution in [0.15, 0.2) is 41.8 Å². The van der Waals surface area contributed by atoms with Crippen molar-refractivity contribution in [3.05, 3.63) is 42.5 Å². The second kappa shape index (κ2) is 5.89. The molecule has 1 atom stereocenters. The number of nitrogens with one attached hydrogen (secondary N) is 1. The summed E-state index contributed by atoms with van der Waals surface area (Å²) < 4.78 is 0. The fourth-order valence-corrected chi connectivity index (χ4v) is 2.30. The molecule has 0 fully saturated rings. The van der Waals surface area contributed by atoms with Gasteiger partial charge in [0, 0.05) is 16.7 Å². The molecule has 0 aliphatic heterocycles. The molecule has 1 unspecified atom stereocenters. The summed E-state index contributed by atoms with van der Waals surface area (Å²) in [6.45, 7) is 5.93. The molecule has 2 heteroatoms. The van der Waals surface area contributed by atoms with Gasteiger partial charge in [0.25, 0.3) is 0 Å². The quantitative estimate of drug-likeness (QED) is 0.588. The van der Waals surface area contributed by atoms with Crippen LogP contribution in [0.5, 0.6) is 0 Å². The largest absolute Gasteiger partial charge is 0.313 e. The number of thioether (sulfide) groups is 1. The minimum Gasteiger partial charge on any atom is -0.313 e. The van der Waals surface area contributed by atoms with Gasteiger partial charge in [0.1, 0.15) is 0 Å². The Morgan fingerprint density at radius 3 is 2.79 bits per heavy atom. The highest BCUT2D eigenvalue weighted by Gasteiger charge is 2.02. The van der Waals surface area contributed by atoms with Crippen molar-refractivity contribution in [3.63, 3.8) is 0 Å². The molecule has 0 aromatic heterocycles. The van der Waals surface area contributed by atoms with Gasteiger partial charge in [-0.3, -0.25) is 0 Å². The molecule has 0 aliphatic carbocycles. The summed E-state index contributed by atoms with van der Waals surface area (Å²) in [5, 5.41) is 3.20. The highest BCUT2D eigenvalue weighted by Crippen LogP contribution is 2.22. The summed E-state index contributed by atoms with van der Waals surface area (Å²) in [5.41, 5.74) is 1.34. The van der Waals surface area contributed by atoms with Gasteiger partial charge >= 0.3 is 0 Å². The van der Waals surface area contributed by atoms with E-state index < -0.39 is 0 Å². The van der Waals surface area contributed by atoms with E-state index >= 15 is 0 Å². The second-order valence-electron chi connectivity index (χ2n) is 3.21. The third-order valence-corrected chi connectivity index (χ3v) is 3.46. The van der Waals surface area contributed by atoms with Crippen molar-refractivity contribution in [3.8, 4) is 0 Å². The first-order valence-electron chi connectivity index (χ1n) is 4.76. The Hall–Kier alpha value is -0.730. The predicted molar refractivity (Wildman–Crippen MR) is 64.9 cm³/mol. The minimum atomic E-state index is 0.389. The van der Waals surface area contributed by atoms with Crippen molar-refractivity contribution in [2.45, 2.75) is 17.9 Å². The number of benzene rings is 1. The van der Waals surface area contributed by atoms with Gasteiger partial charge in [0.05, 0.1) is 0 Å². The summed E-state index contributed by atoms with van der Waals surface area (Å²) in [6, 6.07) is 8.85. The highest BCUT2D eigenvalue weighted by atomic mass is 32.2. The van der Waals surface area contributed by atoms with Gasteiger partial charge in [-0.15, -0.1) is 18.3 Å². The van der Waals surface area contributed by atoms with E-state index in [1.807, 2.05) is 24.9 Å². The third-order valence-electron chi connectivity index (χ3n) is 2.17. The topological polar surface area (TPSA) is 12.0 Å². The lowest BCUT2D eigenvalue weighted by molar-refractivity contribution is 0.740. The first-order chi connectivity index (χ1) is 6.77. The fourth-order valence-electron chi connectivity index (χ4n) is 1.17. The zero-order valence-corrected chi connectivity index (χ0v) is 9.60. The molecule has 0 bridgehead atoms. The molecular weight excluding hydrogens is 190 g/mol. The monoisotopic (exact) mass is 207 g/mol. The van der Waals surface area contributed by atoms with Crippen LogP contribution in [-0.2, 0) is 0 Å². The van der Waals surface area contributed by atoms with Crippen LogP contribution in [0.25, 0.3) is 0 Å².